The van der Waals surface area contributed by atoms with Crippen LogP contribution in [0.4, 0.5) is 5.13 Å². The zero-order valence-electron chi connectivity index (χ0n) is 12.0. The lowest BCUT2D eigenvalue weighted by atomic mass is 10.1. The number of hydrogen-bond acceptors (Lipinski definition) is 6. The van der Waals surface area contributed by atoms with E-state index < -0.39 is 10.0 Å². The molecule has 2 heterocycles. The Kier molecular flexibility index (Phi) is 4.68. The van der Waals surface area contributed by atoms with Gasteiger partial charge in [0.25, 0.3) is 0 Å². The number of hydrogen-bond donors (Lipinski definition) is 1. The molecule has 114 valence electrons. The summed E-state index contributed by atoms with van der Waals surface area (Å²) >= 11 is 1.50. The minimum Gasteiger partial charge on any atom is -0.391 e. The van der Waals surface area contributed by atoms with Gasteiger partial charge in [0.05, 0.1) is 23.4 Å². The van der Waals surface area contributed by atoms with E-state index in [1.807, 2.05) is 0 Å². The van der Waals surface area contributed by atoms with E-state index in [-0.39, 0.29) is 12.5 Å². The number of anilines is 1. The smallest absolute Gasteiger partial charge is 0.211 e. The zero-order valence-corrected chi connectivity index (χ0v) is 13.7. The molecule has 0 unspecified atom stereocenters. The molecule has 0 radical (unpaired) electrons. The average Bonchev–Trinajstić information content (AvgIpc) is 2.82. The third-order valence-corrected chi connectivity index (χ3v) is 5.80. The van der Waals surface area contributed by atoms with Gasteiger partial charge in [-0.3, -0.25) is 0 Å². The van der Waals surface area contributed by atoms with Crippen LogP contribution >= 0.6 is 11.3 Å². The number of aliphatic hydroxyl groups excluding tert-OH is 1. The van der Waals surface area contributed by atoms with Gasteiger partial charge >= 0.3 is 0 Å². The average molecular weight is 319 g/mol. The van der Waals surface area contributed by atoms with E-state index in [2.05, 4.69) is 23.7 Å². The number of sulfonamides is 1. The molecule has 1 aliphatic rings. The molecule has 6 nitrogen and oxygen atoms in total. The van der Waals surface area contributed by atoms with Gasteiger partial charge in [0, 0.05) is 26.2 Å². The van der Waals surface area contributed by atoms with Crippen LogP contribution in [0.15, 0.2) is 0 Å². The second-order valence-electron chi connectivity index (χ2n) is 5.27. The quantitative estimate of drug-likeness (QED) is 0.890. The lowest BCUT2D eigenvalue weighted by molar-refractivity contribution is 0.283. The van der Waals surface area contributed by atoms with E-state index >= 15 is 0 Å². The summed E-state index contributed by atoms with van der Waals surface area (Å²) in [5, 5.41) is 10.3. The minimum absolute atomic E-state index is 0.00842. The fourth-order valence-corrected chi connectivity index (χ4v) is 4.21. The maximum Gasteiger partial charge on any atom is 0.211 e. The summed E-state index contributed by atoms with van der Waals surface area (Å²) in [6.07, 6.45) is 1.24. The normalized spacial score (nSPS) is 17.9. The van der Waals surface area contributed by atoms with E-state index in [0.29, 0.717) is 26.2 Å². The Morgan fingerprint density at radius 3 is 2.30 bits per heavy atom. The van der Waals surface area contributed by atoms with Crippen molar-refractivity contribution < 1.29 is 13.5 Å². The van der Waals surface area contributed by atoms with Crippen molar-refractivity contribution in [2.24, 2.45) is 0 Å². The van der Waals surface area contributed by atoms with Gasteiger partial charge in [0.15, 0.2) is 5.13 Å². The Bertz CT molecular complexity index is 561. The van der Waals surface area contributed by atoms with Crippen LogP contribution in [-0.2, 0) is 16.6 Å². The molecule has 1 saturated heterocycles. The molecule has 2 rings (SSSR count). The third-order valence-electron chi connectivity index (χ3n) is 3.38. The lowest BCUT2D eigenvalue weighted by Gasteiger charge is -2.33. The summed E-state index contributed by atoms with van der Waals surface area (Å²) in [6, 6.07) is 0. The van der Waals surface area contributed by atoms with Crippen molar-refractivity contribution in [2.45, 2.75) is 26.4 Å². The van der Waals surface area contributed by atoms with Crippen LogP contribution < -0.4 is 4.90 Å². The number of aromatic nitrogens is 1. The molecule has 1 fully saturated rings. The Balaban J connectivity index is 2.11. The molecule has 20 heavy (non-hydrogen) atoms. The van der Waals surface area contributed by atoms with E-state index in [0.717, 1.165) is 15.7 Å². The van der Waals surface area contributed by atoms with Crippen LogP contribution in [0.25, 0.3) is 0 Å². The van der Waals surface area contributed by atoms with Crippen LogP contribution in [0, 0.1) is 0 Å². The molecule has 1 aromatic rings. The van der Waals surface area contributed by atoms with Crippen LogP contribution in [0.3, 0.4) is 0 Å². The van der Waals surface area contributed by atoms with E-state index in [1.165, 1.54) is 21.9 Å². The summed E-state index contributed by atoms with van der Waals surface area (Å²) in [5.41, 5.74) is 0.943. The standard InChI is InChI=1S/C12H21N3O3S2/c1-9(2)11-10(8-16)19-12(13-11)14-4-6-15(7-5-14)20(3,17)18/h9,16H,4-8H2,1-3H3. The molecular formula is C12H21N3O3S2. The fraction of sp³-hybridized carbons (Fsp3) is 0.750. The van der Waals surface area contributed by atoms with Gasteiger partial charge in [0.2, 0.25) is 10.0 Å². The van der Waals surface area contributed by atoms with Crippen molar-refractivity contribution >= 4 is 26.5 Å². The number of aliphatic hydroxyl groups is 1. The molecule has 0 amide bonds. The van der Waals surface area contributed by atoms with Crippen LogP contribution in [-0.4, -0.2) is 55.2 Å². The molecule has 1 aromatic heterocycles. The van der Waals surface area contributed by atoms with Crippen molar-refractivity contribution in [3.63, 3.8) is 0 Å². The molecule has 0 bridgehead atoms. The first-order chi connectivity index (χ1) is 9.32. The summed E-state index contributed by atoms with van der Waals surface area (Å²) < 4.78 is 24.5. The first kappa shape index (κ1) is 15.7. The summed E-state index contributed by atoms with van der Waals surface area (Å²) in [4.78, 5) is 7.61. The highest BCUT2D eigenvalue weighted by Gasteiger charge is 2.26. The number of rotatable bonds is 4. The second-order valence-corrected chi connectivity index (χ2v) is 8.31. The van der Waals surface area contributed by atoms with Crippen molar-refractivity contribution in [1.82, 2.24) is 9.29 Å². The molecule has 0 spiro atoms. The summed E-state index contributed by atoms with van der Waals surface area (Å²) in [5.74, 6) is 0.277. The Morgan fingerprint density at radius 1 is 1.30 bits per heavy atom. The minimum atomic E-state index is -3.10. The molecule has 0 aliphatic carbocycles. The predicted octanol–water partition coefficient (Wildman–Crippen LogP) is 0.840. The van der Waals surface area contributed by atoms with Gasteiger partial charge in [-0.1, -0.05) is 25.2 Å². The first-order valence-electron chi connectivity index (χ1n) is 6.63. The Labute approximate surface area is 124 Å². The molecule has 0 aromatic carbocycles. The maximum absolute atomic E-state index is 11.5. The van der Waals surface area contributed by atoms with Crippen LogP contribution in [0.1, 0.15) is 30.3 Å². The number of piperazine rings is 1. The van der Waals surface area contributed by atoms with Crippen molar-refractivity contribution in [3.8, 4) is 0 Å². The molecule has 1 N–H and O–H groups in total. The van der Waals surface area contributed by atoms with Crippen LogP contribution in [0.5, 0.6) is 0 Å². The van der Waals surface area contributed by atoms with Crippen molar-refractivity contribution in [3.05, 3.63) is 10.6 Å². The highest BCUT2D eigenvalue weighted by atomic mass is 32.2. The lowest BCUT2D eigenvalue weighted by Crippen LogP contribution is -2.48. The first-order valence-corrected chi connectivity index (χ1v) is 9.30. The summed E-state index contributed by atoms with van der Waals surface area (Å²) in [6.45, 7) is 6.38. The number of nitrogens with zero attached hydrogens (tertiary/aromatic N) is 3. The largest absolute Gasteiger partial charge is 0.391 e. The monoisotopic (exact) mass is 319 g/mol. The van der Waals surface area contributed by atoms with Gasteiger partial charge in [0.1, 0.15) is 0 Å². The molecule has 0 atom stereocenters. The summed E-state index contributed by atoms with van der Waals surface area (Å²) in [7, 11) is -3.10. The van der Waals surface area contributed by atoms with E-state index in [9.17, 15) is 13.5 Å². The second kappa shape index (κ2) is 5.97. The maximum atomic E-state index is 11.5. The zero-order chi connectivity index (χ0) is 14.9. The van der Waals surface area contributed by atoms with Crippen LogP contribution in [0.2, 0.25) is 0 Å². The van der Waals surface area contributed by atoms with E-state index in [1.54, 1.807) is 0 Å². The molecular weight excluding hydrogens is 298 g/mol. The van der Waals surface area contributed by atoms with Gasteiger partial charge in [-0.15, -0.1) is 0 Å². The van der Waals surface area contributed by atoms with Crippen molar-refractivity contribution in [1.29, 1.82) is 0 Å². The molecule has 1 aliphatic heterocycles. The fourth-order valence-electron chi connectivity index (χ4n) is 2.26. The van der Waals surface area contributed by atoms with Gasteiger partial charge in [-0.2, -0.15) is 4.31 Å². The number of thiazole rings is 1. The SMILES string of the molecule is CC(C)c1nc(N2CCN(S(C)(=O)=O)CC2)sc1CO. The van der Waals surface area contributed by atoms with Gasteiger partial charge < -0.3 is 10.0 Å². The highest BCUT2D eigenvalue weighted by molar-refractivity contribution is 7.88. The highest BCUT2D eigenvalue weighted by Crippen LogP contribution is 2.31. The van der Waals surface area contributed by atoms with Crippen molar-refractivity contribution in [2.75, 3.05) is 37.3 Å². The van der Waals surface area contributed by atoms with E-state index in [4.69, 9.17) is 0 Å². The van der Waals surface area contributed by atoms with Gasteiger partial charge in [-0.05, 0) is 5.92 Å². The molecule has 8 heteroatoms. The predicted molar refractivity (Wildman–Crippen MR) is 80.8 cm³/mol. The molecule has 0 saturated carbocycles. The third kappa shape index (κ3) is 3.30. The Morgan fingerprint density at radius 2 is 1.90 bits per heavy atom. The van der Waals surface area contributed by atoms with Gasteiger partial charge in [-0.25, -0.2) is 13.4 Å². The Hall–Kier alpha value is -0.700. The topological polar surface area (TPSA) is 73.7 Å².